The van der Waals surface area contributed by atoms with Crippen LogP contribution in [0.4, 0.5) is 0 Å². The number of aliphatic hydroxyl groups excluding tert-OH is 7. The van der Waals surface area contributed by atoms with Crippen LogP contribution >= 0.6 is 0 Å². The Balaban J connectivity index is 1.15. The third-order valence-corrected chi connectivity index (χ3v) is 17.4. The van der Waals surface area contributed by atoms with Crippen molar-refractivity contribution < 1.29 is 74.5 Å². The summed E-state index contributed by atoms with van der Waals surface area (Å²) in [5.74, 6) is -2.09. The summed E-state index contributed by atoms with van der Waals surface area (Å²) in [7, 11) is 0. The van der Waals surface area contributed by atoms with E-state index in [4.69, 9.17) is 18.9 Å². The normalized spacial score (nSPS) is 53.3. The molecule has 2 aliphatic heterocycles. The highest BCUT2D eigenvalue weighted by molar-refractivity contribution is 5.76. The first-order chi connectivity index (χ1) is 26.5. The molecule has 7 rings (SSSR count). The summed E-state index contributed by atoms with van der Waals surface area (Å²) in [4.78, 5) is 25.4. The number of carbonyl (C=O) groups is 2. The third kappa shape index (κ3) is 6.39. The Bertz CT molecular complexity index is 1590. The molecular formula is C42H66O15. The molecule has 0 unspecified atom stereocenters. The number of aliphatic carboxylic acids is 2. The maximum Gasteiger partial charge on any atom is 0.335 e. The van der Waals surface area contributed by atoms with Gasteiger partial charge in [-0.1, -0.05) is 53.2 Å². The van der Waals surface area contributed by atoms with Crippen LogP contribution in [0.25, 0.3) is 0 Å². The van der Waals surface area contributed by atoms with Gasteiger partial charge in [0.2, 0.25) is 0 Å². The van der Waals surface area contributed by atoms with E-state index in [0.29, 0.717) is 25.7 Å². The third-order valence-electron chi connectivity index (χ3n) is 17.4. The highest BCUT2D eigenvalue weighted by Crippen LogP contribution is 2.76. The van der Waals surface area contributed by atoms with Gasteiger partial charge < -0.3 is 64.9 Å². The maximum atomic E-state index is 13.1. The monoisotopic (exact) mass is 810 g/mol. The van der Waals surface area contributed by atoms with Crippen molar-refractivity contribution in [3.8, 4) is 0 Å². The van der Waals surface area contributed by atoms with Crippen LogP contribution in [-0.4, -0.2) is 139 Å². The van der Waals surface area contributed by atoms with Gasteiger partial charge in [-0.05, 0) is 104 Å². The zero-order valence-electron chi connectivity index (χ0n) is 34.1. The summed E-state index contributed by atoms with van der Waals surface area (Å²) in [6.07, 6.45) is -8.58. The molecular weight excluding hydrogens is 744 g/mol. The molecule has 0 aromatic carbocycles. The fourth-order valence-electron chi connectivity index (χ4n) is 13.7. The van der Waals surface area contributed by atoms with E-state index in [9.17, 15) is 55.5 Å². The Morgan fingerprint density at radius 1 is 0.754 bits per heavy atom. The van der Waals surface area contributed by atoms with Gasteiger partial charge in [0.15, 0.2) is 18.7 Å². The molecule has 0 bridgehead atoms. The van der Waals surface area contributed by atoms with Crippen molar-refractivity contribution in [1.29, 1.82) is 0 Å². The number of hydrogen-bond acceptors (Lipinski definition) is 13. The Kier molecular flexibility index (Phi) is 11.2. The summed E-state index contributed by atoms with van der Waals surface area (Å²) in [5.41, 5.74) is -0.836. The SMILES string of the molecule is CC1(C)CC[C@@]2(C(=O)O)CC[C@]3(C)C(=CC[C@@H]4[C@@]5(C)CC[C@@H](O[C@H]6O[C@@H](C(=O)O)[C@H](O)[C@@H](O[C@H]7O[C@@H](CO)[C@H](O)[C@@H](O)[C@@H]7O)[C@@H]6O)[C@](C)(CO)[C@@H]5CC[C@]43C)[C@H]2C1. The van der Waals surface area contributed by atoms with Crippen LogP contribution in [0.5, 0.6) is 0 Å². The van der Waals surface area contributed by atoms with Gasteiger partial charge in [-0.25, -0.2) is 4.79 Å². The molecule has 4 saturated carbocycles. The molecule has 0 aromatic heterocycles. The molecule has 15 heteroatoms. The summed E-state index contributed by atoms with van der Waals surface area (Å²) in [6, 6.07) is 0. The van der Waals surface area contributed by atoms with Crippen molar-refractivity contribution in [3.05, 3.63) is 11.6 Å². The number of fused-ring (bicyclic) bond motifs is 7. The lowest BCUT2D eigenvalue weighted by Gasteiger charge is -2.71. The molecule has 324 valence electrons. The number of hydrogen-bond donors (Lipinski definition) is 9. The Morgan fingerprint density at radius 3 is 2.05 bits per heavy atom. The average Bonchev–Trinajstić information content (AvgIpc) is 3.15. The second-order valence-electron chi connectivity index (χ2n) is 20.5. The molecule has 19 atom stereocenters. The summed E-state index contributed by atoms with van der Waals surface area (Å²) in [5, 5.41) is 95.4. The van der Waals surface area contributed by atoms with E-state index in [1.165, 1.54) is 5.57 Å². The van der Waals surface area contributed by atoms with Gasteiger partial charge in [0.25, 0.3) is 0 Å². The zero-order chi connectivity index (χ0) is 41.8. The fourth-order valence-corrected chi connectivity index (χ4v) is 13.7. The minimum absolute atomic E-state index is 0.0174. The standard InChI is InChI=1S/C42H66O15/c1-37(2)13-15-42(36(52)53)16-14-40(5)20(21(42)17-37)7-8-24-38(3)11-10-25(39(4,19-44)23(38)9-12-41(24,40)6)55-35-30(49)31(29(48)32(57-35)33(50)51)56-34-28(47)27(46)26(45)22(18-43)54-34/h7,21-32,34-35,43-49H,8-19H2,1-6H3,(H,50,51)(H,52,53)/t21-,22+,23-,24-,25-,26+,27-,28+,29-,30+,31-,32-,34-,35+,38+,39-,40-,41-,42-/m1/s1. The topological polar surface area (TPSA) is 253 Å². The van der Waals surface area contributed by atoms with Crippen LogP contribution in [0.3, 0.4) is 0 Å². The molecule has 2 heterocycles. The molecule has 7 aliphatic rings. The summed E-state index contributed by atoms with van der Waals surface area (Å²) >= 11 is 0. The maximum absolute atomic E-state index is 13.1. The lowest BCUT2D eigenvalue weighted by Crippen LogP contribution is -2.68. The molecule has 2 saturated heterocycles. The van der Waals surface area contributed by atoms with Crippen molar-refractivity contribution in [1.82, 2.24) is 0 Å². The molecule has 0 radical (unpaired) electrons. The van der Waals surface area contributed by atoms with E-state index in [2.05, 4.69) is 40.7 Å². The number of rotatable bonds is 8. The van der Waals surface area contributed by atoms with E-state index in [1.807, 2.05) is 6.92 Å². The van der Waals surface area contributed by atoms with E-state index in [1.54, 1.807) is 0 Å². The van der Waals surface area contributed by atoms with Crippen molar-refractivity contribution >= 4 is 11.9 Å². The first-order valence-electron chi connectivity index (χ1n) is 21.0. The van der Waals surface area contributed by atoms with Crippen LogP contribution in [-0.2, 0) is 28.5 Å². The van der Waals surface area contributed by atoms with Crippen LogP contribution in [0.1, 0.15) is 106 Å². The predicted octanol–water partition coefficient (Wildman–Crippen LogP) is 1.95. The second-order valence-corrected chi connectivity index (χ2v) is 20.5. The number of carboxylic acids is 2. The number of ether oxygens (including phenoxy) is 4. The quantitative estimate of drug-likeness (QED) is 0.126. The molecule has 9 N–H and O–H groups in total. The van der Waals surface area contributed by atoms with Crippen LogP contribution in [0.15, 0.2) is 11.6 Å². The van der Waals surface area contributed by atoms with Gasteiger partial charge in [0, 0.05) is 5.41 Å². The van der Waals surface area contributed by atoms with E-state index < -0.39 is 96.9 Å². The minimum Gasteiger partial charge on any atom is -0.481 e. The summed E-state index contributed by atoms with van der Waals surface area (Å²) < 4.78 is 23.3. The Labute approximate surface area is 334 Å². The Morgan fingerprint density at radius 2 is 1.42 bits per heavy atom. The van der Waals surface area contributed by atoms with E-state index >= 15 is 0 Å². The van der Waals surface area contributed by atoms with Crippen LogP contribution in [0, 0.1) is 50.2 Å². The minimum atomic E-state index is -1.98. The zero-order valence-corrected chi connectivity index (χ0v) is 34.1. The first kappa shape index (κ1) is 43.3. The predicted molar refractivity (Wildman–Crippen MR) is 200 cm³/mol. The van der Waals surface area contributed by atoms with Crippen molar-refractivity contribution in [2.45, 2.75) is 173 Å². The summed E-state index contributed by atoms with van der Waals surface area (Å²) in [6.45, 7) is 12.6. The molecule has 5 aliphatic carbocycles. The molecule has 0 amide bonds. The second kappa shape index (κ2) is 14.7. The number of aliphatic hydroxyl groups is 7. The smallest absolute Gasteiger partial charge is 0.335 e. The van der Waals surface area contributed by atoms with Gasteiger partial charge in [0.05, 0.1) is 24.7 Å². The van der Waals surface area contributed by atoms with E-state index in [-0.39, 0.29) is 46.0 Å². The van der Waals surface area contributed by atoms with Crippen LogP contribution in [0.2, 0.25) is 0 Å². The van der Waals surface area contributed by atoms with Gasteiger partial charge in [-0.2, -0.15) is 0 Å². The van der Waals surface area contributed by atoms with Crippen LogP contribution < -0.4 is 0 Å². The first-order valence-corrected chi connectivity index (χ1v) is 21.0. The van der Waals surface area contributed by atoms with Gasteiger partial charge in [-0.3, -0.25) is 4.79 Å². The molecule has 0 aromatic rings. The lowest BCUT2D eigenvalue weighted by atomic mass is 9.33. The van der Waals surface area contributed by atoms with Crippen molar-refractivity contribution in [2.75, 3.05) is 13.2 Å². The van der Waals surface area contributed by atoms with Crippen molar-refractivity contribution in [3.63, 3.8) is 0 Å². The van der Waals surface area contributed by atoms with Gasteiger partial charge in [-0.15, -0.1) is 0 Å². The largest absolute Gasteiger partial charge is 0.481 e. The van der Waals surface area contributed by atoms with Gasteiger partial charge in [0.1, 0.15) is 42.7 Å². The molecule has 0 spiro atoms. The van der Waals surface area contributed by atoms with Crippen molar-refractivity contribution in [2.24, 2.45) is 50.2 Å². The molecule has 6 fully saturated rings. The van der Waals surface area contributed by atoms with Gasteiger partial charge >= 0.3 is 11.9 Å². The fraction of sp³-hybridized carbons (Fsp3) is 0.905. The van der Waals surface area contributed by atoms with E-state index in [0.717, 1.165) is 38.5 Å². The number of carboxylic acid groups (broad SMARTS) is 2. The number of allylic oxidation sites excluding steroid dienone is 2. The molecule has 15 nitrogen and oxygen atoms in total. The average molecular weight is 811 g/mol. The highest BCUT2D eigenvalue weighted by atomic mass is 16.7. The lowest BCUT2D eigenvalue weighted by molar-refractivity contribution is -0.366. The molecule has 57 heavy (non-hydrogen) atoms. The Hall–Kier alpha value is -1.76. The highest BCUT2D eigenvalue weighted by Gasteiger charge is 2.70.